The van der Waals surface area contributed by atoms with Crippen LogP contribution in [-0.2, 0) is 6.42 Å². The van der Waals surface area contributed by atoms with Crippen LogP contribution in [0, 0.1) is 0 Å². The summed E-state index contributed by atoms with van der Waals surface area (Å²) >= 11 is 5.77. The highest BCUT2D eigenvalue weighted by Gasteiger charge is 1.99. The second kappa shape index (κ2) is 4.48. The second-order valence-electron chi connectivity index (χ2n) is 3.02. The normalized spacial score (nSPS) is 12.9. The number of nitrogens with one attached hydrogen (secondary N) is 1. The number of halogens is 1. The van der Waals surface area contributed by atoms with Crippen molar-refractivity contribution in [1.29, 1.82) is 0 Å². The van der Waals surface area contributed by atoms with Crippen LogP contribution in [-0.4, -0.2) is 13.1 Å². The predicted octanol–water partition coefficient (Wildman–Crippen LogP) is 2.49. The number of rotatable bonds is 3. The van der Waals surface area contributed by atoms with Crippen LogP contribution in [0.3, 0.4) is 0 Å². The molecule has 0 radical (unpaired) electrons. The molecular formula is C10H14ClN. The molecule has 0 fully saturated rings. The average molecular weight is 184 g/mol. The van der Waals surface area contributed by atoms with Crippen molar-refractivity contribution in [2.45, 2.75) is 19.4 Å². The molecule has 0 heterocycles. The Bertz CT molecular complexity index is 230. The first-order chi connectivity index (χ1) is 5.72. The fourth-order valence-corrected chi connectivity index (χ4v) is 1.20. The van der Waals surface area contributed by atoms with Crippen LogP contribution < -0.4 is 5.32 Å². The smallest absolute Gasteiger partial charge is 0.0406 e. The third kappa shape index (κ3) is 2.84. The van der Waals surface area contributed by atoms with Gasteiger partial charge in [-0.2, -0.15) is 0 Å². The van der Waals surface area contributed by atoms with Crippen LogP contribution in [0.1, 0.15) is 12.5 Å². The zero-order chi connectivity index (χ0) is 8.97. The van der Waals surface area contributed by atoms with E-state index < -0.39 is 0 Å². The highest BCUT2D eigenvalue weighted by molar-refractivity contribution is 6.30. The lowest BCUT2D eigenvalue weighted by Crippen LogP contribution is -2.23. The van der Waals surface area contributed by atoms with E-state index in [0.717, 1.165) is 11.4 Å². The van der Waals surface area contributed by atoms with Crippen LogP contribution in [0.4, 0.5) is 0 Å². The summed E-state index contributed by atoms with van der Waals surface area (Å²) in [5, 5.41) is 4.00. The van der Waals surface area contributed by atoms with E-state index in [1.165, 1.54) is 5.56 Å². The first-order valence-electron chi connectivity index (χ1n) is 4.14. The molecule has 2 heteroatoms. The zero-order valence-corrected chi connectivity index (χ0v) is 8.23. The quantitative estimate of drug-likeness (QED) is 0.760. The molecule has 66 valence electrons. The van der Waals surface area contributed by atoms with Crippen LogP contribution in [0.5, 0.6) is 0 Å². The van der Waals surface area contributed by atoms with Gasteiger partial charge in [-0.1, -0.05) is 23.7 Å². The summed E-state index contributed by atoms with van der Waals surface area (Å²) < 4.78 is 0. The minimum atomic E-state index is 0.520. The predicted molar refractivity (Wildman–Crippen MR) is 53.7 cm³/mol. The molecule has 1 nitrogen and oxygen atoms in total. The van der Waals surface area contributed by atoms with Crippen molar-refractivity contribution in [3.8, 4) is 0 Å². The van der Waals surface area contributed by atoms with Crippen molar-refractivity contribution in [2.24, 2.45) is 0 Å². The van der Waals surface area contributed by atoms with Crippen molar-refractivity contribution in [3.63, 3.8) is 0 Å². The number of hydrogen-bond acceptors (Lipinski definition) is 1. The molecular weight excluding hydrogens is 170 g/mol. The highest BCUT2D eigenvalue weighted by Crippen LogP contribution is 2.10. The van der Waals surface area contributed by atoms with E-state index in [0.29, 0.717) is 6.04 Å². The van der Waals surface area contributed by atoms with Gasteiger partial charge in [0.25, 0.3) is 0 Å². The molecule has 0 amide bonds. The van der Waals surface area contributed by atoms with E-state index in [1.807, 2.05) is 19.2 Å². The molecule has 0 aliphatic carbocycles. The number of hydrogen-bond donors (Lipinski definition) is 1. The highest BCUT2D eigenvalue weighted by atomic mass is 35.5. The third-order valence-electron chi connectivity index (χ3n) is 1.95. The van der Waals surface area contributed by atoms with Gasteiger partial charge in [-0.15, -0.1) is 0 Å². The summed E-state index contributed by atoms with van der Waals surface area (Å²) in [5.74, 6) is 0. The van der Waals surface area contributed by atoms with Gasteiger partial charge in [-0.3, -0.25) is 0 Å². The fourth-order valence-electron chi connectivity index (χ4n) is 1.08. The fraction of sp³-hybridized carbons (Fsp3) is 0.400. The maximum atomic E-state index is 5.77. The Morgan fingerprint density at radius 2 is 1.92 bits per heavy atom. The standard InChI is InChI=1S/C10H14ClN/c1-8(12-2)7-9-3-5-10(11)6-4-9/h3-6,8,12H,7H2,1-2H3. The molecule has 12 heavy (non-hydrogen) atoms. The summed E-state index contributed by atoms with van der Waals surface area (Å²) in [7, 11) is 1.97. The molecule has 1 aromatic carbocycles. The third-order valence-corrected chi connectivity index (χ3v) is 2.20. The van der Waals surface area contributed by atoms with E-state index in [1.54, 1.807) is 0 Å². The Balaban J connectivity index is 2.58. The lowest BCUT2D eigenvalue weighted by atomic mass is 10.1. The lowest BCUT2D eigenvalue weighted by molar-refractivity contribution is 0.608. The first kappa shape index (κ1) is 9.56. The van der Waals surface area contributed by atoms with E-state index in [9.17, 15) is 0 Å². The molecule has 0 saturated carbocycles. The first-order valence-corrected chi connectivity index (χ1v) is 4.52. The number of likely N-dealkylation sites (N-methyl/N-ethyl adjacent to an activating group) is 1. The van der Waals surface area contributed by atoms with E-state index in [4.69, 9.17) is 11.6 Å². The molecule has 0 aliphatic heterocycles. The molecule has 0 aliphatic rings. The summed E-state index contributed by atoms with van der Waals surface area (Å²) in [4.78, 5) is 0. The molecule has 1 atom stereocenters. The Morgan fingerprint density at radius 1 is 1.33 bits per heavy atom. The lowest BCUT2D eigenvalue weighted by Gasteiger charge is -2.09. The Morgan fingerprint density at radius 3 is 2.42 bits per heavy atom. The van der Waals surface area contributed by atoms with Crippen molar-refractivity contribution in [1.82, 2.24) is 5.32 Å². The van der Waals surface area contributed by atoms with Crippen molar-refractivity contribution in [3.05, 3.63) is 34.9 Å². The number of benzene rings is 1. The van der Waals surface area contributed by atoms with Crippen molar-refractivity contribution < 1.29 is 0 Å². The van der Waals surface area contributed by atoms with E-state index in [2.05, 4.69) is 24.4 Å². The van der Waals surface area contributed by atoms with Gasteiger partial charge in [-0.25, -0.2) is 0 Å². The molecule has 0 bridgehead atoms. The van der Waals surface area contributed by atoms with Gasteiger partial charge in [0.1, 0.15) is 0 Å². The SMILES string of the molecule is CNC(C)Cc1ccc(Cl)cc1. The Labute approximate surface area is 78.7 Å². The van der Waals surface area contributed by atoms with Gasteiger partial charge in [0.15, 0.2) is 0 Å². The minimum absolute atomic E-state index is 0.520. The van der Waals surface area contributed by atoms with Crippen LogP contribution in [0.2, 0.25) is 5.02 Å². The topological polar surface area (TPSA) is 12.0 Å². The van der Waals surface area contributed by atoms with Crippen LogP contribution in [0.25, 0.3) is 0 Å². The zero-order valence-electron chi connectivity index (χ0n) is 7.47. The minimum Gasteiger partial charge on any atom is -0.317 e. The molecule has 1 aromatic rings. The summed E-state index contributed by atoms with van der Waals surface area (Å²) in [6, 6.07) is 8.51. The van der Waals surface area contributed by atoms with Crippen molar-refractivity contribution >= 4 is 11.6 Å². The summed E-state index contributed by atoms with van der Waals surface area (Å²) in [6.07, 6.45) is 1.05. The van der Waals surface area contributed by atoms with Gasteiger partial charge < -0.3 is 5.32 Å². The van der Waals surface area contributed by atoms with E-state index >= 15 is 0 Å². The molecule has 1 N–H and O–H groups in total. The monoisotopic (exact) mass is 183 g/mol. The second-order valence-corrected chi connectivity index (χ2v) is 3.46. The Hall–Kier alpha value is -0.530. The average Bonchev–Trinajstić information content (AvgIpc) is 2.09. The van der Waals surface area contributed by atoms with Gasteiger partial charge in [0.05, 0.1) is 0 Å². The van der Waals surface area contributed by atoms with Gasteiger partial charge >= 0.3 is 0 Å². The maximum Gasteiger partial charge on any atom is 0.0406 e. The van der Waals surface area contributed by atoms with Crippen LogP contribution >= 0.6 is 11.6 Å². The van der Waals surface area contributed by atoms with Gasteiger partial charge in [-0.05, 0) is 38.1 Å². The largest absolute Gasteiger partial charge is 0.317 e. The summed E-state index contributed by atoms with van der Waals surface area (Å²) in [5.41, 5.74) is 1.32. The van der Waals surface area contributed by atoms with Crippen molar-refractivity contribution in [2.75, 3.05) is 7.05 Å². The molecule has 0 aromatic heterocycles. The molecule has 1 unspecified atom stereocenters. The summed E-state index contributed by atoms with van der Waals surface area (Å²) in [6.45, 7) is 2.16. The maximum absolute atomic E-state index is 5.77. The van der Waals surface area contributed by atoms with Crippen LogP contribution in [0.15, 0.2) is 24.3 Å². The molecule has 1 rings (SSSR count). The molecule has 0 saturated heterocycles. The van der Waals surface area contributed by atoms with Gasteiger partial charge in [0, 0.05) is 11.1 Å². The van der Waals surface area contributed by atoms with E-state index in [-0.39, 0.29) is 0 Å². The van der Waals surface area contributed by atoms with Gasteiger partial charge in [0.2, 0.25) is 0 Å². The molecule has 0 spiro atoms. The Kier molecular flexibility index (Phi) is 3.57.